The number of nitrogens with zero attached hydrogens (tertiary/aromatic N) is 2. The van der Waals surface area contributed by atoms with Gasteiger partial charge in [0.1, 0.15) is 5.75 Å². The third-order valence-corrected chi connectivity index (χ3v) is 4.58. The molecule has 0 aromatic heterocycles. The monoisotopic (exact) mass is 366 g/mol. The molecule has 27 heavy (non-hydrogen) atoms. The zero-order valence-electron chi connectivity index (χ0n) is 16.1. The van der Waals surface area contributed by atoms with Crippen LogP contribution in [0.25, 0.3) is 0 Å². The van der Waals surface area contributed by atoms with Gasteiger partial charge in [0.25, 0.3) is 0 Å². The van der Waals surface area contributed by atoms with Crippen molar-refractivity contribution < 1.29 is 14.4 Å². The fourth-order valence-electron chi connectivity index (χ4n) is 3.16. The smallest absolute Gasteiger partial charge is 0.225 e. The number of methoxy groups -OCH3 is 1. The molecule has 0 saturated carbocycles. The molecule has 142 valence electrons. The Hall–Kier alpha value is -2.82. The van der Waals surface area contributed by atoms with Gasteiger partial charge in [0.05, 0.1) is 19.4 Å². The van der Waals surface area contributed by atoms with Crippen LogP contribution < -0.4 is 4.74 Å². The summed E-state index contributed by atoms with van der Waals surface area (Å²) in [4.78, 5) is 20.2. The summed E-state index contributed by atoms with van der Waals surface area (Å²) in [5, 5.41) is 4.24. The minimum atomic E-state index is -0.131. The first kappa shape index (κ1) is 19.0. The maximum atomic E-state index is 12.7. The Morgan fingerprint density at radius 1 is 1.22 bits per heavy atom. The Morgan fingerprint density at radius 3 is 2.70 bits per heavy atom. The van der Waals surface area contributed by atoms with E-state index in [2.05, 4.69) is 5.16 Å². The molecule has 0 fully saturated rings. The number of amides is 1. The Bertz CT molecular complexity index is 802. The number of oxime groups is 1. The van der Waals surface area contributed by atoms with Crippen LogP contribution in [0.15, 0.2) is 59.8 Å². The average Bonchev–Trinajstić information content (AvgIpc) is 3.16. The first-order chi connectivity index (χ1) is 13.1. The quantitative estimate of drug-likeness (QED) is 0.747. The van der Waals surface area contributed by atoms with E-state index < -0.39 is 0 Å². The van der Waals surface area contributed by atoms with E-state index in [0.29, 0.717) is 19.5 Å². The van der Waals surface area contributed by atoms with Crippen LogP contribution in [0.1, 0.15) is 31.4 Å². The van der Waals surface area contributed by atoms with Gasteiger partial charge in [-0.2, -0.15) is 0 Å². The van der Waals surface area contributed by atoms with Crippen LogP contribution in [0.2, 0.25) is 0 Å². The molecule has 1 atom stereocenters. The molecular weight excluding hydrogens is 340 g/mol. The standard InChI is InChI=1S/C22H26N2O3/c1-16(2)22(25)24(14-17-8-7-11-19(12-17)26-3)15-20-13-21(23-27-20)18-9-5-4-6-10-18/h4-12,16,20H,13-15H2,1-3H3/t20-/m0/s1. The predicted molar refractivity (Wildman–Crippen MR) is 106 cm³/mol. The van der Waals surface area contributed by atoms with Crippen molar-refractivity contribution in [3.63, 3.8) is 0 Å². The van der Waals surface area contributed by atoms with Gasteiger partial charge in [0.2, 0.25) is 5.91 Å². The van der Waals surface area contributed by atoms with Crippen molar-refractivity contribution in [3.8, 4) is 5.75 Å². The topological polar surface area (TPSA) is 51.1 Å². The van der Waals surface area contributed by atoms with E-state index in [1.165, 1.54) is 0 Å². The van der Waals surface area contributed by atoms with Crippen LogP contribution in [-0.4, -0.2) is 36.3 Å². The lowest BCUT2D eigenvalue weighted by atomic mass is 10.0. The number of hydrogen-bond donors (Lipinski definition) is 0. The molecule has 0 N–H and O–H groups in total. The summed E-state index contributed by atoms with van der Waals surface area (Å²) in [6, 6.07) is 17.8. The number of hydrogen-bond acceptors (Lipinski definition) is 4. The van der Waals surface area contributed by atoms with E-state index in [1.807, 2.05) is 73.3 Å². The van der Waals surface area contributed by atoms with E-state index >= 15 is 0 Å². The van der Waals surface area contributed by atoms with E-state index in [0.717, 1.165) is 22.6 Å². The molecule has 0 bridgehead atoms. The van der Waals surface area contributed by atoms with Crippen LogP contribution in [0.4, 0.5) is 0 Å². The molecule has 2 aromatic carbocycles. The first-order valence-corrected chi connectivity index (χ1v) is 9.26. The summed E-state index contributed by atoms with van der Waals surface area (Å²) < 4.78 is 5.29. The maximum Gasteiger partial charge on any atom is 0.225 e. The Morgan fingerprint density at radius 2 is 2.00 bits per heavy atom. The van der Waals surface area contributed by atoms with Gasteiger partial charge in [-0.25, -0.2) is 0 Å². The summed E-state index contributed by atoms with van der Waals surface area (Å²) >= 11 is 0. The van der Waals surface area contributed by atoms with Gasteiger partial charge in [0, 0.05) is 18.9 Å². The van der Waals surface area contributed by atoms with Gasteiger partial charge in [-0.15, -0.1) is 0 Å². The number of rotatable bonds is 7. The van der Waals surface area contributed by atoms with E-state index in [-0.39, 0.29) is 17.9 Å². The molecule has 1 aliphatic rings. The number of benzene rings is 2. The van der Waals surface area contributed by atoms with E-state index in [4.69, 9.17) is 9.57 Å². The Balaban J connectivity index is 1.68. The fraction of sp³-hybridized carbons (Fsp3) is 0.364. The molecule has 0 aliphatic carbocycles. The molecule has 0 unspecified atom stereocenters. The lowest BCUT2D eigenvalue weighted by Gasteiger charge is -2.26. The summed E-state index contributed by atoms with van der Waals surface area (Å²) in [6.07, 6.45) is 0.567. The second kappa shape index (κ2) is 8.71. The third-order valence-electron chi connectivity index (χ3n) is 4.58. The second-order valence-corrected chi connectivity index (χ2v) is 7.06. The van der Waals surface area contributed by atoms with Crippen molar-refractivity contribution in [1.29, 1.82) is 0 Å². The SMILES string of the molecule is COc1cccc(CN(C[C@@H]2CC(c3ccccc3)=NO2)C(=O)C(C)C)c1. The highest BCUT2D eigenvalue weighted by atomic mass is 16.6. The van der Waals surface area contributed by atoms with Gasteiger partial charge in [-0.1, -0.05) is 61.5 Å². The first-order valence-electron chi connectivity index (χ1n) is 9.26. The summed E-state index contributed by atoms with van der Waals surface area (Å²) in [5.74, 6) is 0.817. The van der Waals surface area contributed by atoms with Crippen molar-refractivity contribution in [1.82, 2.24) is 4.90 Å². The number of carbonyl (C=O) groups excluding carboxylic acids is 1. The third kappa shape index (κ3) is 4.88. The van der Waals surface area contributed by atoms with E-state index in [1.54, 1.807) is 7.11 Å². The maximum absolute atomic E-state index is 12.7. The number of ether oxygens (including phenoxy) is 1. The van der Waals surface area contributed by atoms with Crippen LogP contribution in [0, 0.1) is 5.92 Å². The Kier molecular flexibility index (Phi) is 6.12. The average molecular weight is 366 g/mol. The van der Waals surface area contributed by atoms with Crippen LogP contribution in [0.5, 0.6) is 5.75 Å². The zero-order chi connectivity index (χ0) is 19.2. The normalized spacial score (nSPS) is 16.0. The lowest BCUT2D eigenvalue weighted by Crippen LogP contribution is -2.39. The lowest BCUT2D eigenvalue weighted by molar-refractivity contribution is -0.136. The zero-order valence-corrected chi connectivity index (χ0v) is 16.1. The summed E-state index contributed by atoms with van der Waals surface area (Å²) in [6.45, 7) is 4.87. The van der Waals surface area contributed by atoms with Gasteiger partial charge in [-0.05, 0) is 23.3 Å². The molecular formula is C22H26N2O3. The van der Waals surface area contributed by atoms with Crippen molar-refractivity contribution in [2.45, 2.75) is 32.9 Å². The predicted octanol–water partition coefficient (Wildman–Crippen LogP) is 3.87. The molecule has 0 radical (unpaired) electrons. The fourth-order valence-corrected chi connectivity index (χ4v) is 3.16. The molecule has 0 saturated heterocycles. The molecule has 5 nitrogen and oxygen atoms in total. The van der Waals surface area contributed by atoms with Gasteiger partial charge >= 0.3 is 0 Å². The molecule has 1 aliphatic heterocycles. The van der Waals surface area contributed by atoms with Crippen molar-refractivity contribution in [2.75, 3.05) is 13.7 Å². The molecule has 0 spiro atoms. The van der Waals surface area contributed by atoms with Crippen LogP contribution >= 0.6 is 0 Å². The van der Waals surface area contributed by atoms with Crippen LogP contribution in [-0.2, 0) is 16.2 Å². The molecule has 1 heterocycles. The van der Waals surface area contributed by atoms with Crippen molar-refractivity contribution >= 4 is 11.6 Å². The van der Waals surface area contributed by atoms with Crippen molar-refractivity contribution in [2.24, 2.45) is 11.1 Å². The highest BCUT2D eigenvalue weighted by molar-refractivity contribution is 6.01. The van der Waals surface area contributed by atoms with Gasteiger partial charge in [-0.3, -0.25) is 4.79 Å². The van der Waals surface area contributed by atoms with Gasteiger partial charge < -0.3 is 14.5 Å². The number of carbonyl (C=O) groups is 1. The highest BCUT2D eigenvalue weighted by Crippen LogP contribution is 2.21. The van der Waals surface area contributed by atoms with Gasteiger partial charge in [0.15, 0.2) is 6.10 Å². The minimum absolute atomic E-state index is 0.0773. The molecule has 3 rings (SSSR count). The minimum Gasteiger partial charge on any atom is -0.497 e. The Labute approximate surface area is 160 Å². The molecule has 2 aromatic rings. The highest BCUT2D eigenvalue weighted by Gasteiger charge is 2.27. The van der Waals surface area contributed by atoms with Crippen LogP contribution in [0.3, 0.4) is 0 Å². The van der Waals surface area contributed by atoms with E-state index in [9.17, 15) is 4.79 Å². The summed E-state index contributed by atoms with van der Waals surface area (Å²) in [7, 11) is 1.64. The van der Waals surface area contributed by atoms with Crippen molar-refractivity contribution in [3.05, 3.63) is 65.7 Å². The summed E-state index contributed by atoms with van der Waals surface area (Å²) in [5.41, 5.74) is 3.03. The molecule has 5 heteroatoms. The second-order valence-electron chi connectivity index (χ2n) is 7.06. The largest absolute Gasteiger partial charge is 0.497 e. The molecule has 1 amide bonds.